The van der Waals surface area contributed by atoms with Crippen LogP contribution in [0.3, 0.4) is 0 Å². The van der Waals surface area contributed by atoms with Gasteiger partial charge in [0.2, 0.25) is 11.2 Å². The van der Waals surface area contributed by atoms with Gasteiger partial charge >= 0.3 is 6.18 Å². The summed E-state index contributed by atoms with van der Waals surface area (Å²) in [5, 5.41) is 10.3. The predicted molar refractivity (Wildman–Crippen MR) is 116 cm³/mol. The molecular formula is C24H24F3NO5. The van der Waals surface area contributed by atoms with Crippen molar-refractivity contribution >= 4 is 11.0 Å². The Morgan fingerprint density at radius 2 is 1.79 bits per heavy atom. The number of phenolic OH excluding ortho intramolecular Hbond substituents is 1. The van der Waals surface area contributed by atoms with Crippen molar-refractivity contribution in [3.8, 4) is 17.2 Å². The molecule has 1 aliphatic rings. The molecule has 0 saturated carbocycles. The summed E-state index contributed by atoms with van der Waals surface area (Å²) in [4.78, 5) is 15.0. The van der Waals surface area contributed by atoms with Crippen LogP contribution in [0.15, 0.2) is 45.6 Å². The van der Waals surface area contributed by atoms with E-state index in [0.717, 1.165) is 18.4 Å². The van der Waals surface area contributed by atoms with E-state index in [0.29, 0.717) is 26.3 Å². The zero-order chi connectivity index (χ0) is 23.6. The van der Waals surface area contributed by atoms with Crippen LogP contribution < -0.4 is 10.2 Å². The number of aryl methyl sites for hydroxylation is 1. The molecule has 0 bridgehead atoms. The van der Waals surface area contributed by atoms with Gasteiger partial charge in [-0.15, -0.1) is 0 Å². The third-order valence-electron chi connectivity index (χ3n) is 5.52. The number of alkyl halides is 3. The molecule has 4 rings (SSSR count). The van der Waals surface area contributed by atoms with E-state index in [1.165, 1.54) is 24.3 Å². The number of morpholine rings is 1. The maximum atomic E-state index is 13.9. The van der Waals surface area contributed by atoms with E-state index >= 15 is 0 Å². The lowest BCUT2D eigenvalue weighted by Gasteiger charge is -2.27. The largest absolute Gasteiger partial charge is 0.507 e. The Bertz CT molecular complexity index is 1180. The second kappa shape index (κ2) is 9.44. The first kappa shape index (κ1) is 23.1. The van der Waals surface area contributed by atoms with Gasteiger partial charge in [-0.1, -0.05) is 25.5 Å². The lowest BCUT2D eigenvalue weighted by atomic mass is 10.1. The van der Waals surface area contributed by atoms with Crippen molar-refractivity contribution < 1.29 is 32.2 Å². The van der Waals surface area contributed by atoms with Crippen LogP contribution in [0.2, 0.25) is 0 Å². The molecule has 0 spiro atoms. The molecule has 176 valence electrons. The molecule has 1 aliphatic heterocycles. The number of hydrogen-bond acceptors (Lipinski definition) is 6. The lowest BCUT2D eigenvalue weighted by Crippen LogP contribution is -2.35. The molecule has 1 aromatic heterocycles. The van der Waals surface area contributed by atoms with Gasteiger partial charge in [0.05, 0.1) is 24.2 Å². The molecule has 9 heteroatoms. The van der Waals surface area contributed by atoms with Crippen molar-refractivity contribution in [1.82, 2.24) is 4.90 Å². The number of halogens is 3. The Labute approximate surface area is 188 Å². The summed E-state index contributed by atoms with van der Waals surface area (Å²) in [7, 11) is 0. The minimum absolute atomic E-state index is 0.0957. The highest BCUT2D eigenvalue weighted by molar-refractivity contribution is 5.83. The molecule has 0 unspecified atom stereocenters. The summed E-state index contributed by atoms with van der Waals surface area (Å²) in [6.45, 7) is 4.16. The molecule has 0 aliphatic carbocycles. The average molecular weight is 463 g/mol. The second-order valence-corrected chi connectivity index (χ2v) is 7.91. The highest BCUT2D eigenvalue weighted by Crippen LogP contribution is 2.40. The smallest absolute Gasteiger partial charge is 0.453 e. The Hall–Kier alpha value is -3.04. The van der Waals surface area contributed by atoms with Crippen LogP contribution in [0.5, 0.6) is 17.2 Å². The molecule has 3 aromatic rings. The van der Waals surface area contributed by atoms with Crippen LogP contribution in [0.4, 0.5) is 13.2 Å². The van der Waals surface area contributed by atoms with Crippen LogP contribution in [-0.2, 0) is 23.9 Å². The Balaban J connectivity index is 1.81. The molecule has 2 heterocycles. The van der Waals surface area contributed by atoms with Gasteiger partial charge in [0.25, 0.3) is 5.76 Å². The van der Waals surface area contributed by atoms with Crippen LogP contribution >= 0.6 is 0 Å². The highest BCUT2D eigenvalue weighted by atomic mass is 19.4. The zero-order valence-electron chi connectivity index (χ0n) is 18.1. The van der Waals surface area contributed by atoms with E-state index in [1.807, 2.05) is 11.8 Å². The maximum Gasteiger partial charge on any atom is 0.453 e. The van der Waals surface area contributed by atoms with Crippen molar-refractivity contribution in [2.75, 3.05) is 26.3 Å². The molecule has 0 radical (unpaired) electrons. The highest BCUT2D eigenvalue weighted by Gasteiger charge is 2.41. The molecule has 2 aromatic carbocycles. The number of phenols is 1. The van der Waals surface area contributed by atoms with Crippen LogP contribution in [0.1, 0.15) is 30.2 Å². The fraction of sp³-hybridized carbons (Fsp3) is 0.375. The fourth-order valence-electron chi connectivity index (χ4n) is 3.83. The van der Waals surface area contributed by atoms with Gasteiger partial charge in [0, 0.05) is 19.6 Å². The van der Waals surface area contributed by atoms with Gasteiger partial charge in [-0.25, -0.2) is 0 Å². The van der Waals surface area contributed by atoms with Gasteiger partial charge in [-0.05, 0) is 36.2 Å². The first-order valence-electron chi connectivity index (χ1n) is 10.7. The summed E-state index contributed by atoms with van der Waals surface area (Å²) in [5.74, 6) is -2.61. The molecule has 33 heavy (non-hydrogen) atoms. The standard InChI is InChI=1S/C24H24F3NO5/c1-2-3-15-4-6-16(7-5-15)32-22-20(30)17-8-9-19(29)18(14-28-10-12-31-13-11-28)21(17)33-23(22)24(25,26)27/h4-9,29H,2-3,10-14H2,1H3. The topological polar surface area (TPSA) is 72.1 Å². The number of rotatable bonds is 6. The molecular weight excluding hydrogens is 439 g/mol. The van der Waals surface area contributed by atoms with E-state index in [-0.39, 0.29) is 34.6 Å². The third-order valence-corrected chi connectivity index (χ3v) is 5.52. The van der Waals surface area contributed by atoms with E-state index in [4.69, 9.17) is 13.9 Å². The average Bonchev–Trinajstić information content (AvgIpc) is 2.79. The molecule has 1 saturated heterocycles. The number of benzene rings is 2. The van der Waals surface area contributed by atoms with Gasteiger partial charge in [-0.2, -0.15) is 13.2 Å². The van der Waals surface area contributed by atoms with Gasteiger partial charge in [-0.3, -0.25) is 9.69 Å². The van der Waals surface area contributed by atoms with Crippen LogP contribution in [0, 0.1) is 0 Å². The van der Waals surface area contributed by atoms with Gasteiger partial charge in [0.15, 0.2) is 0 Å². The molecule has 0 atom stereocenters. The normalized spacial score (nSPS) is 15.2. The Morgan fingerprint density at radius 3 is 2.42 bits per heavy atom. The van der Waals surface area contributed by atoms with Crippen molar-refractivity contribution in [1.29, 1.82) is 0 Å². The zero-order valence-corrected chi connectivity index (χ0v) is 18.1. The Kier molecular flexibility index (Phi) is 6.62. The second-order valence-electron chi connectivity index (χ2n) is 7.91. The third kappa shape index (κ3) is 4.99. The fourth-order valence-corrected chi connectivity index (χ4v) is 3.83. The van der Waals surface area contributed by atoms with Crippen molar-refractivity contribution in [2.45, 2.75) is 32.5 Å². The van der Waals surface area contributed by atoms with E-state index in [9.17, 15) is 23.1 Å². The SMILES string of the molecule is CCCc1ccc(Oc2c(C(F)(F)F)oc3c(CN4CCOCC4)c(O)ccc3c2=O)cc1. The molecule has 1 N–H and O–H groups in total. The monoisotopic (exact) mass is 463 g/mol. The predicted octanol–water partition coefficient (Wildman–Crippen LogP) is 5.09. The van der Waals surface area contributed by atoms with Crippen molar-refractivity contribution in [3.05, 3.63) is 63.5 Å². The first-order valence-corrected chi connectivity index (χ1v) is 10.7. The number of aromatic hydroxyl groups is 1. The number of fused-ring (bicyclic) bond motifs is 1. The van der Waals surface area contributed by atoms with E-state index in [1.54, 1.807) is 12.1 Å². The van der Waals surface area contributed by atoms with E-state index in [2.05, 4.69) is 0 Å². The summed E-state index contributed by atoms with van der Waals surface area (Å²) in [6.07, 6.45) is -3.24. The summed E-state index contributed by atoms with van der Waals surface area (Å²) < 4.78 is 57.7. The summed E-state index contributed by atoms with van der Waals surface area (Å²) in [5.41, 5.74) is -0.129. The van der Waals surface area contributed by atoms with Crippen LogP contribution in [-0.4, -0.2) is 36.3 Å². The summed E-state index contributed by atoms with van der Waals surface area (Å²) >= 11 is 0. The molecule has 6 nitrogen and oxygen atoms in total. The molecule has 1 fully saturated rings. The van der Waals surface area contributed by atoms with E-state index < -0.39 is 23.1 Å². The number of ether oxygens (including phenoxy) is 2. The van der Waals surface area contributed by atoms with Crippen molar-refractivity contribution in [3.63, 3.8) is 0 Å². The van der Waals surface area contributed by atoms with Gasteiger partial charge in [0.1, 0.15) is 17.1 Å². The quantitative estimate of drug-likeness (QED) is 0.549. The van der Waals surface area contributed by atoms with Crippen LogP contribution in [0.25, 0.3) is 11.0 Å². The number of nitrogens with zero attached hydrogens (tertiary/aromatic N) is 1. The van der Waals surface area contributed by atoms with Crippen molar-refractivity contribution in [2.24, 2.45) is 0 Å². The summed E-state index contributed by atoms with van der Waals surface area (Å²) in [6, 6.07) is 9.06. The molecule has 0 amide bonds. The first-order chi connectivity index (χ1) is 15.8. The Morgan fingerprint density at radius 1 is 1.09 bits per heavy atom. The van der Waals surface area contributed by atoms with Gasteiger partial charge < -0.3 is 19.0 Å². The minimum atomic E-state index is -4.98. The number of hydrogen-bond donors (Lipinski definition) is 1. The minimum Gasteiger partial charge on any atom is -0.507 e. The maximum absolute atomic E-state index is 13.9. The lowest BCUT2D eigenvalue weighted by molar-refractivity contribution is -0.154.